The van der Waals surface area contributed by atoms with Gasteiger partial charge in [0.2, 0.25) is 5.91 Å². The third kappa shape index (κ3) is 10.4. The molecule has 0 N–H and O–H groups in total. The molecule has 0 saturated carbocycles. The van der Waals surface area contributed by atoms with Crippen LogP contribution in [0.25, 0.3) is 0 Å². The van der Waals surface area contributed by atoms with Gasteiger partial charge in [0, 0.05) is 48.0 Å². The normalized spacial score (nSPS) is 16.4. The summed E-state index contributed by atoms with van der Waals surface area (Å²) in [5.41, 5.74) is 5.22. The lowest BCUT2D eigenvalue weighted by atomic mass is 9.99. The van der Waals surface area contributed by atoms with Crippen LogP contribution in [0.3, 0.4) is 0 Å². The van der Waals surface area contributed by atoms with E-state index in [9.17, 15) is 18.0 Å². The van der Waals surface area contributed by atoms with Crippen LogP contribution in [-0.4, -0.2) is 36.1 Å². The van der Waals surface area contributed by atoms with E-state index >= 15 is 0 Å². The molecule has 1 amide bonds. The van der Waals surface area contributed by atoms with Gasteiger partial charge in [0.05, 0.1) is 0 Å². The standard InChI is InChI=1S/C20H27ClN2O.C13H15F3.C2H2/c1-14-8-6-7-9-20(14)23(18(5)24)19-10-12-22(13-11-19)17(4)15(2)16(3)21;1-3-10(11-7-5-6-8-11)9-12(4-2)13(14,15)16;1-2/h6-9,19H,4,10-13H2,1-3,5H3;3,5,7-9H,4,6H2,1-2H3;1-2H/b16-15-;10-3+,12-9+;. The molecule has 0 aromatic heterocycles. The molecule has 1 saturated heterocycles. The third-order valence-corrected chi connectivity index (χ3v) is 7.65. The highest BCUT2D eigenvalue weighted by molar-refractivity contribution is 6.29. The van der Waals surface area contributed by atoms with E-state index in [1.165, 1.54) is 13.0 Å². The molecule has 7 heteroatoms. The predicted molar refractivity (Wildman–Crippen MR) is 172 cm³/mol. The molecule has 0 atom stereocenters. The molecule has 1 heterocycles. The van der Waals surface area contributed by atoms with E-state index in [1.54, 1.807) is 19.9 Å². The predicted octanol–water partition coefficient (Wildman–Crippen LogP) is 9.83. The Morgan fingerprint density at radius 3 is 2.19 bits per heavy atom. The van der Waals surface area contributed by atoms with Crippen molar-refractivity contribution >= 4 is 23.2 Å². The Bertz CT molecular complexity index is 1250. The number of benzene rings is 1. The second-order valence-corrected chi connectivity index (χ2v) is 10.6. The number of likely N-dealkylation sites (tertiary alicyclic amines) is 1. The second-order valence-electron chi connectivity index (χ2n) is 10.1. The average Bonchev–Trinajstić information content (AvgIpc) is 3.50. The van der Waals surface area contributed by atoms with Crippen molar-refractivity contribution < 1.29 is 18.0 Å². The number of halogens is 4. The summed E-state index contributed by atoms with van der Waals surface area (Å²) < 4.78 is 37.7. The number of aryl methyl sites for hydroxylation is 1. The molecule has 1 fully saturated rings. The van der Waals surface area contributed by atoms with Crippen molar-refractivity contribution in [1.29, 1.82) is 0 Å². The van der Waals surface area contributed by atoms with E-state index in [0.717, 1.165) is 65.5 Å². The zero-order chi connectivity index (χ0) is 32.0. The number of piperidine rings is 1. The lowest BCUT2D eigenvalue weighted by Crippen LogP contribution is -2.47. The number of terminal acetylenes is 1. The lowest BCUT2D eigenvalue weighted by molar-refractivity contribution is -0.117. The maximum atomic E-state index is 12.6. The molecule has 42 heavy (non-hydrogen) atoms. The molecule has 2 aliphatic rings. The van der Waals surface area contributed by atoms with Crippen LogP contribution in [0, 0.1) is 19.8 Å². The van der Waals surface area contributed by atoms with E-state index in [1.807, 2.05) is 55.2 Å². The van der Waals surface area contributed by atoms with Crippen molar-refractivity contribution in [3.05, 3.63) is 99.8 Å². The number of amides is 1. The van der Waals surface area contributed by atoms with E-state index in [2.05, 4.69) is 37.3 Å². The Hall–Kier alpha value is -3.43. The minimum Gasteiger partial charge on any atom is -0.372 e. The van der Waals surface area contributed by atoms with E-state index in [4.69, 9.17) is 11.6 Å². The smallest absolute Gasteiger partial charge is 0.372 e. The van der Waals surface area contributed by atoms with Crippen LogP contribution < -0.4 is 4.90 Å². The Morgan fingerprint density at radius 1 is 1.17 bits per heavy atom. The summed E-state index contributed by atoms with van der Waals surface area (Å²) in [7, 11) is 0. The molecule has 1 aromatic rings. The van der Waals surface area contributed by atoms with Gasteiger partial charge in [-0.1, -0.05) is 67.6 Å². The van der Waals surface area contributed by atoms with Crippen LogP contribution >= 0.6 is 11.6 Å². The highest BCUT2D eigenvalue weighted by atomic mass is 35.5. The zero-order valence-electron chi connectivity index (χ0n) is 25.7. The molecule has 1 aliphatic heterocycles. The molecular weight excluding hydrogens is 557 g/mol. The van der Waals surface area contributed by atoms with Gasteiger partial charge >= 0.3 is 6.18 Å². The summed E-state index contributed by atoms with van der Waals surface area (Å²) in [6, 6.07) is 8.32. The molecule has 0 unspecified atom stereocenters. The number of anilines is 1. The number of hydrogen-bond acceptors (Lipinski definition) is 2. The molecule has 1 aromatic carbocycles. The highest BCUT2D eigenvalue weighted by Crippen LogP contribution is 2.32. The second kappa shape index (κ2) is 17.5. The van der Waals surface area contributed by atoms with Gasteiger partial charge < -0.3 is 9.80 Å². The van der Waals surface area contributed by atoms with Gasteiger partial charge in [0.15, 0.2) is 0 Å². The number of hydrogen-bond donors (Lipinski definition) is 0. The van der Waals surface area contributed by atoms with Gasteiger partial charge in [0.25, 0.3) is 0 Å². The molecule has 3 rings (SSSR count). The number of nitrogens with zero attached hydrogens (tertiary/aromatic N) is 2. The van der Waals surface area contributed by atoms with Crippen molar-refractivity contribution in [3.8, 4) is 12.8 Å². The lowest BCUT2D eigenvalue weighted by Gasteiger charge is -2.40. The number of rotatable bonds is 7. The monoisotopic (exact) mass is 600 g/mol. The first-order valence-electron chi connectivity index (χ1n) is 14.1. The summed E-state index contributed by atoms with van der Waals surface area (Å²) in [5, 5.41) is 0.785. The van der Waals surface area contributed by atoms with Crippen LogP contribution in [-0.2, 0) is 4.79 Å². The fourth-order valence-electron chi connectivity index (χ4n) is 4.86. The van der Waals surface area contributed by atoms with Gasteiger partial charge in [-0.15, -0.1) is 12.8 Å². The molecule has 0 radical (unpaired) electrons. The number of carbonyl (C=O) groups is 1. The van der Waals surface area contributed by atoms with Crippen molar-refractivity contribution in [3.63, 3.8) is 0 Å². The highest BCUT2D eigenvalue weighted by Gasteiger charge is 2.32. The number of para-hydroxylation sites is 1. The molecule has 228 valence electrons. The van der Waals surface area contributed by atoms with Crippen molar-refractivity contribution in [2.45, 2.75) is 79.4 Å². The van der Waals surface area contributed by atoms with Crippen LogP contribution in [0.1, 0.15) is 65.9 Å². The Balaban J connectivity index is 0.000000426. The zero-order valence-corrected chi connectivity index (χ0v) is 26.4. The van der Waals surface area contributed by atoms with Crippen molar-refractivity contribution in [2.75, 3.05) is 18.0 Å². The van der Waals surface area contributed by atoms with Crippen LogP contribution in [0.4, 0.5) is 18.9 Å². The summed E-state index contributed by atoms with van der Waals surface area (Å²) >= 11 is 6.10. The van der Waals surface area contributed by atoms with Crippen LogP contribution in [0.15, 0.2) is 94.2 Å². The first-order valence-corrected chi connectivity index (χ1v) is 14.5. The third-order valence-electron chi connectivity index (χ3n) is 7.37. The Labute approximate surface area is 255 Å². The quantitative estimate of drug-likeness (QED) is 0.230. The van der Waals surface area contributed by atoms with Gasteiger partial charge in [0.1, 0.15) is 0 Å². The Kier molecular flexibility index (Phi) is 15.3. The maximum Gasteiger partial charge on any atom is 0.412 e. The molecule has 1 aliphatic carbocycles. The summed E-state index contributed by atoms with van der Waals surface area (Å²) in [6.07, 6.45) is 15.1. The largest absolute Gasteiger partial charge is 0.412 e. The van der Waals surface area contributed by atoms with Gasteiger partial charge in [-0.25, -0.2) is 0 Å². The minimum atomic E-state index is -4.23. The fourth-order valence-corrected chi connectivity index (χ4v) is 4.97. The summed E-state index contributed by atoms with van der Waals surface area (Å²) in [5.74, 6) is 0.106. The fraction of sp³-hybridized carbons (Fsp3) is 0.400. The molecule has 0 bridgehead atoms. The van der Waals surface area contributed by atoms with Crippen LogP contribution in [0.5, 0.6) is 0 Å². The first kappa shape index (κ1) is 36.6. The molecular formula is C35H44ClF3N2O. The van der Waals surface area contributed by atoms with Gasteiger partial charge in [-0.2, -0.15) is 13.2 Å². The summed E-state index contributed by atoms with van der Waals surface area (Å²) in [4.78, 5) is 16.5. The van der Waals surface area contributed by atoms with E-state index in [-0.39, 0.29) is 18.4 Å². The van der Waals surface area contributed by atoms with Crippen LogP contribution in [0.2, 0.25) is 0 Å². The first-order chi connectivity index (χ1) is 19.8. The minimum absolute atomic E-state index is 0.00215. The van der Waals surface area contributed by atoms with Crippen molar-refractivity contribution in [2.24, 2.45) is 0 Å². The number of allylic oxidation sites excluding steroid dienone is 10. The molecule has 3 nitrogen and oxygen atoms in total. The maximum absolute atomic E-state index is 12.6. The van der Waals surface area contributed by atoms with Gasteiger partial charge in [-0.05, 0) is 87.8 Å². The SMILES string of the molecule is C#C.C/C=C(\C=C(/CC)C(F)(F)F)C1=CCC=C1.C=C(/C(C)=C(/C)Cl)N1CCC(N(C(C)=O)c2ccccc2C)CC1. The van der Waals surface area contributed by atoms with E-state index < -0.39 is 11.7 Å². The molecule has 0 spiro atoms. The topological polar surface area (TPSA) is 23.6 Å². The van der Waals surface area contributed by atoms with Crippen molar-refractivity contribution in [1.82, 2.24) is 4.90 Å². The number of carbonyl (C=O) groups excluding carboxylic acids is 1. The van der Waals surface area contributed by atoms with Gasteiger partial charge in [-0.3, -0.25) is 4.79 Å². The summed E-state index contributed by atoms with van der Waals surface area (Å²) in [6.45, 7) is 16.8. The number of alkyl halides is 3. The Morgan fingerprint density at radius 2 is 1.76 bits per heavy atom. The average molecular weight is 601 g/mol. The van der Waals surface area contributed by atoms with E-state index in [0.29, 0.717) is 5.57 Å².